The Morgan fingerprint density at radius 3 is 1.69 bits per heavy atom. The molecule has 0 saturated heterocycles. The molecule has 0 aliphatic carbocycles. The third kappa shape index (κ3) is 5.26. The van der Waals surface area contributed by atoms with Crippen LogP contribution >= 0.6 is 0 Å². The highest BCUT2D eigenvalue weighted by Gasteiger charge is 2.30. The van der Waals surface area contributed by atoms with Crippen molar-refractivity contribution in [2.45, 2.75) is 47.1 Å². The van der Waals surface area contributed by atoms with Gasteiger partial charge in [-0.2, -0.15) is 0 Å². The molecule has 0 spiro atoms. The summed E-state index contributed by atoms with van der Waals surface area (Å²) in [5, 5.41) is 8.81. The molecule has 0 radical (unpaired) electrons. The smallest absolute Gasteiger partial charge is 0.317 e. The summed E-state index contributed by atoms with van der Waals surface area (Å²) in [6, 6.07) is 0. The van der Waals surface area contributed by atoms with E-state index in [0.717, 1.165) is 0 Å². The number of nitrogens with zero attached hydrogens (tertiary/aromatic N) is 1. The van der Waals surface area contributed by atoms with Crippen molar-refractivity contribution < 1.29 is 14.7 Å². The first kappa shape index (κ1) is 15.1. The average Bonchev–Trinajstić information content (AvgIpc) is 1.98. The van der Waals surface area contributed by atoms with Crippen LogP contribution in [0.5, 0.6) is 0 Å². The van der Waals surface area contributed by atoms with E-state index >= 15 is 0 Å². The van der Waals surface area contributed by atoms with Crippen LogP contribution in [0.25, 0.3) is 0 Å². The van der Waals surface area contributed by atoms with E-state index in [1.807, 2.05) is 41.5 Å². The van der Waals surface area contributed by atoms with Gasteiger partial charge in [-0.05, 0) is 20.8 Å². The maximum Gasteiger partial charge on any atom is 0.317 e. The number of rotatable bonds is 4. The van der Waals surface area contributed by atoms with Gasteiger partial charge < -0.3 is 5.11 Å². The molecule has 0 unspecified atom stereocenters. The highest BCUT2D eigenvalue weighted by Crippen LogP contribution is 2.19. The lowest BCUT2D eigenvalue weighted by Crippen LogP contribution is -2.48. The van der Waals surface area contributed by atoms with Crippen LogP contribution in [0.3, 0.4) is 0 Å². The van der Waals surface area contributed by atoms with E-state index in [4.69, 9.17) is 5.11 Å². The second-order valence-corrected chi connectivity index (χ2v) is 6.09. The van der Waals surface area contributed by atoms with Gasteiger partial charge in [-0.1, -0.05) is 20.8 Å². The number of carboxylic acid groups (broad SMARTS) is 1. The molecular weight excluding hydrogens is 206 g/mol. The molecule has 0 aromatic rings. The van der Waals surface area contributed by atoms with Crippen molar-refractivity contribution in [1.29, 1.82) is 0 Å². The number of ketones is 1. The third-order valence-corrected chi connectivity index (χ3v) is 2.45. The summed E-state index contributed by atoms with van der Waals surface area (Å²) in [5.74, 6) is -0.847. The van der Waals surface area contributed by atoms with Gasteiger partial charge in [0.15, 0.2) is 5.78 Å². The number of carboxylic acids is 1. The van der Waals surface area contributed by atoms with Gasteiger partial charge in [0.1, 0.15) is 0 Å². The summed E-state index contributed by atoms with van der Waals surface area (Å²) in [5.41, 5.74) is -0.749. The lowest BCUT2D eigenvalue weighted by Gasteiger charge is -2.35. The van der Waals surface area contributed by atoms with Crippen molar-refractivity contribution in [3.8, 4) is 0 Å². The van der Waals surface area contributed by atoms with Crippen LogP contribution in [0.2, 0.25) is 0 Å². The van der Waals surface area contributed by atoms with Gasteiger partial charge in [-0.3, -0.25) is 14.5 Å². The molecule has 0 aliphatic rings. The Bertz CT molecular complexity index is 271. The SMILES string of the molecule is CC(C)(C)C(=O)CN(CC(=O)O)C(C)(C)C. The monoisotopic (exact) mass is 229 g/mol. The average molecular weight is 229 g/mol. The van der Waals surface area contributed by atoms with E-state index in [1.165, 1.54) is 0 Å². The molecular formula is C12H23NO3. The molecule has 0 heterocycles. The van der Waals surface area contributed by atoms with E-state index in [1.54, 1.807) is 4.90 Å². The molecule has 0 atom stereocenters. The third-order valence-electron chi connectivity index (χ3n) is 2.45. The van der Waals surface area contributed by atoms with Gasteiger partial charge in [0, 0.05) is 11.0 Å². The number of hydrogen-bond donors (Lipinski definition) is 1. The highest BCUT2D eigenvalue weighted by molar-refractivity contribution is 5.86. The minimum Gasteiger partial charge on any atom is -0.480 e. The molecule has 0 bridgehead atoms. The van der Waals surface area contributed by atoms with E-state index in [0.29, 0.717) is 0 Å². The Kier molecular flexibility index (Phi) is 4.68. The van der Waals surface area contributed by atoms with E-state index in [9.17, 15) is 9.59 Å². The Balaban J connectivity index is 4.70. The second-order valence-electron chi connectivity index (χ2n) is 6.09. The topological polar surface area (TPSA) is 57.6 Å². The zero-order chi connectivity index (χ0) is 13.1. The second kappa shape index (κ2) is 4.95. The number of hydrogen-bond acceptors (Lipinski definition) is 3. The molecule has 0 amide bonds. The lowest BCUT2D eigenvalue weighted by atomic mass is 9.89. The van der Waals surface area contributed by atoms with Crippen molar-refractivity contribution in [3.63, 3.8) is 0 Å². The summed E-state index contributed by atoms with van der Waals surface area (Å²) < 4.78 is 0. The standard InChI is InChI=1S/C12H23NO3/c1-11(2,3)9(14)7-13(8-10(15)16)12(4,5)6/h7-8H2,1-6H3,(H,15,16). The summed E-state index contributed by atoms with van der Waals surface area (Å²) in [6.07, 6.45) is 0. The molecule has 0 aliphatic heterocycles. The maximum absolute atomic E-state index is 11.9. The van der Waals surface area contributed by atoms with E-state index < -0.39 is 11.4 Å². The van der Waals surface area contributed by atoms with Crippen LogP contribution < -0.4 is 0 Å². The van der Waals surface area contributed by atoms with Crippen molar-refractivity contribution in [1.82, 2.24) is 4.90 Å². The quantitative estimate of drug-likeness (QED) is 0.798. The highest BCUT2D eigenvalue weighted by atomic mass is 16.4. The Morgan fingerprint density at radius 1 is 1.00 bits per heavy atom. The minimum absolute atomic E-state index is 0.0590. The molecule has 0 fully saturated rings. The van der Waals surface area contributed by atoms with Gasteiger partial charge in [-0.15, -0.1) is 0 Å². The van der Waals surface area contributed by atoms with Gasteiger partial charge in [-0.25, -0.2) is 0 Å². The molecule has 0 rings (SSSR count). The normalized spacial score (nSPS) is 12.9. The van der Waals surface area contributed by atoms with Crippen LogP contribution in [-0.2, 0) is 9.59 Å². The fourth-order valence-electron chi connectivity index (χ4n) is 1.10. The number of aliphatic carboxylic acids is 1. The molecule has 0 saturated carbocycles. The van der Waals surface area contributed by atoms with Crippen molar-refractivity contribution in [2.75, 3.05) is 13.1 Å². The van der Waals surface area contributed by atoms with Crippen LogP contribution in [0.4, 0.5) is 0 Å². The van der Waals surface area contributed by atoms with Gasteiger partial charge in [0.05, 0.1) is 13.1 Å². The Morgan fingerprint density at radius 2 is 1.44 bits per heavy atom. The number of carbonyl (C=O) groups excluding carboxylic acids is 1. The molecule has 1 N–H and O–H groups in total. The predicted octanol–water partition coefficient (Wildman–Crippen LogP) is 1.79. The maximum atomic E-state index is 11.9. The largest absolute Gasteiger partial charge is 0.480 e. The summed E-state index contributed by atoms with van der Waals surface area (Å²) in [6.45, 7) is 11.3. The summed E-state index contributed by atoms with van der Waals surface area (Å²) >= 11 is 0. The molecule has 4 nitrogen and oxygen atoms in total. The van der Waals surface area contributed by atoms with Crippen LogP contribution in [0.15, 0.2) is 0 Å². The minimum atomic E-state index is -0.906. The van der Waals surface area contributed by atoms with Crippen LogP contribution in [-0.4, -0.2) is 40.4 Å². The first-order chi connectivity index (χ1) is 6.94. The first-order valence-corrected chi connectivity index (χ1v) is 5.45. The van der Waals surface area contributed by atoms with Gasteiger partial charge >= 0.3 is 5.97 Å². The van der Waals surface area contributed by atoms with E-state index in [2.05, 4.69) is 0 Å². The van der Waals surface area contributed by atoms with Crippen LogP contribution in [0.1, 0.15) is 41.5 Å². The van der Waals surface area contributed by atoms with Crippen molar-refractivity contribution in [2.24, 2.45) is 5.41 Å². The molecule has 4 heteroatoms. The van der Waals surface area contributed by atoms with Crippen molar-refractivity contribution >= 4 is 11.8 Å². The van der Waals surface area contributed by atoms with E-state index in [-0.39, 0.29) is 24.4 Å². The fourth-order valence-corrected chi connectivity index (χ4v) is 1.10. The molecule has 16 heavy (non-hydrogen) atoms. The summed E-state index contributed by atoms with van der Waals surface area (Å²) in [4.78, 5) is 24.3. The number of Topliss-reactive ketones (excluding diaryl/α,β-unsaturated/α-hetero) is 1. The Labute approximate surface area is 97.6 Å². The lowest BCUT2D eigenvalue weighted by molar-refractivity contribution is -0.141. The van der Waals surface area contributed by atoms with Gasteiger partial charge in [0.2, 0.25) is 0 Å². The summed E-state index contributed by atoms with van der Waals surface area (Å²) in [7, 11) is 0. The van der Waals surface area contributed by atoms with Gasteiger partial charge in [0.25, 0.3) is 0 Å². The first-order valence-electron chi connectivity index (χ1n) is 5.45. The molecule has 0 aromatic carbocycles. The number of carbonyl (C=O) groups is 2. The zero-order valence-corrected chi connectivity index (χ0v) is 11.1. The van der Waals surface area contributed by atoms with Crippen LogP contribution in [0, 0.1) is 5.41 Å². The predicted molar refractivity (Wildman–Crippen MR) is 63.4 cm³/mol. The van der Waals surface area contributed by atoms with Crippen molar-refractivity contribution in [3.05, 3.63) is 0 Å². The molecule has 94 valence electrons. The Hall–Kier alpha value is -0.900. The fraction of sp³-hybridized carbons (Fsp3) is 0.833. The molecule has 0 aromatic heterocycles. The zero-order valence-electron chi connectivity index (χ0n) is 11.1.